The third-order valence-electron chi connectivity index (χ3n) is 4.05. The molecule has 4 nitrogen and oxygen atoms in total. The first-order valence-corrected chi connectivity index (χ1v) is 7.85. The molecule has 0 saturated carbocycles. The Morgan fingerprint density at radius 2 is 2.05 bits per heavy atom. The predicted molar refractivity (Wildman–Crippen MR) is 81.6 cm³/mol. The van der Waals surface area contributed by atoms with Crippen LogP contribution in [0.1, 0.15) is 33.1 Å². The lowest BCUT2D eigenvalue weighted by Gasteiger charge is -2.25. The van der Waals surface area contributed by atoms with Crippen LogP contribution in [-0.4, -0.2) is 49.2 Å². The van der Waals surface area contributed by atoms with Gasteiger partial charge < -0.3 is 20.3 Å². The number of ether oxygens (including phenoxy) is 1. The van der Waals surface area contributed by atoms with Gasteiger partial charge in [0, 0.05) is 13.2 Å². The number of aliphatic hydroxyl groups is 2. The van der Waals surface area contributed by atoms with Crippen LogP contribution in [0.2, 0.25) is 0 Å². The normalized spacial score (nSPS) is 25.6. The van der Waals surface area contributed by atoms with Gasteiger partial charge in [0.15, 0.2) is 0 Å². The number of hydrogen-bond acceptors (Lipinski definition) is 4. The van der Waals surface area contributed by atoms with Gasteiger partial charge in [0.1, 0.15) is 0 Å². The molecule has 0 aromatic carbocycles. The molecule has 1 aliphatic rings. The Bertz CT molecular complexity index is 270. The second kappa shape index (κ2) is 10.3. The van der Waals surface area contributed by atoms with Gasteiger partial charge in [-0.1, -0.05) is 26.0 Å². The summed E-state index contributed by atoms with van der Waals surface area (Å²) < 4.78 is 5.65. The number of rotatable bonds is 10. The Morgan fingerprint density at radius 1 is 1.30 bits per heavy atom. The van der Waals surface area contributed by atoms with Gasteiger partial charge in [0.2, 0.25) is 0 Å². The van der Waals surface area contributed by atoms with Crippen LogP contribution in [0.5, 0.6) is 0 Å². The maximum Gasteiger partial charge on any atom is 0.0897 e. The number of hydrogen-bond donors (Lipinski definition) is 3. The van der Waals surface area contributed by atoms with Gasteiger partial charge in [-0.3, -0.25) is 0 Å². The van der Waals surface area contributed by atoms with Crippen LogP contribution in [0.4, 0.5) is 0 Å². The van der Waals surface area contributed by atoms with Crippen LogP contribution in [0.3, 0.4) is 0 Å². The molecule has 1 aliphatic carbocycles. The maximum absolute atomic E-state index is 9.84. The van der Waals surface area contributed by atoms with E-state index in [4.69, 9.17) is 9.84 Å². The predicted octanol–water partition coefficient (Wildman–Crippen LogP) is 1.57. The SMILES string of the molecule is CC(CCO)CNCC(O)COCC1CC=CCC1C. The topological polar surface area (TPSA) is 61.7 Å². The minimum Gasteiger partial charge on any atom is -0.396 e. The van der Waals surface area contributed by atoms with Crippen molar-refractivity contribution in [2.24, 2.45) is 17.8 Å². The van der Waals surface area contributed by atoms with E-state index in [1.165, 1.54) is 0 Å². The van der Waals surface area contributed by atoms with Crippen molar-refractivity contribution >= 4 is 0 Å². The van der Waals surface area contributed by atoms with Crippen molar-refractivity contribution < 1.29 is 14.9 Å². The van der Waals surface area contributed by atoms with Crippen LogP contribution in [0.15, 0.2) is 12.2 Å². The number of nitrogens with one attached hydrogen (secondary N) is 1. The first-order chi connectivity index (χ1) is 9.63. The molecule has 4 heteroatoms. The molecule has 0 saturated heterocycles. The van der Waals surface area contributed by atoms with E-state index in [1.807, 2.05) is 0 Å². The van der Waals surface area contributed by atoms with Crippen LogP contribution in [-0.2, 0) is 4.74 Å². The smallest absolute Gasteiger partial charge is 0.0897 e. The summed E-state index contributed by atoms with van der Waals surface area (Å²) in [7, 11) is 0. The average molecular weight is 285 g/mol. The van der Waals surface area contributed by atoms with Crippen molar-refractivity contribution in [1.82, 2.24) is 5.32 Å². The summed E-state index contributed by atoms with van der Waals surface area (Å²) in [5, 5.41) is 21.9. The van der Waals surface area contributed by atoms with Gasteiger partial charge in [-0.25, -0.2) is 0 Å². The van der Waals surface area contributed by atoms with Crippen LogP contribution >= 0.6 is 0 Å². The summed E-state index contributed by atoms with van der Waals surface area (Å²) in [5.74, 6) is 1.70. The van der Waals surface area contributed by atoms with Crippen LogP contribution < -0.4 is 5.32 Å². The largest absolute Gasteiger partial charge is 0.396 e. The van der Waals surface area contributed by atoms with E-state index < -0.39 is 6.10 Å². The molecule has 118 valence electrons. The summed E-state index contributed by atoms with van der Waals surface area (Å²) in [4.78, 5) is 0. The number of aliphatic hydroxyl groups excluding tert-OH is 2. The summed E-state index contributed by atoms with van der Waals surface area (Å²) in [6.45, 7) is 7.08. The fourth-order valence-electron chi connectivity index (χ4n) is 2.47. The maximum atomic E-state index is 9.84. The fourth-order valence-corrected chi connectivity index (χ4v) is 2.47. The second-order valence-electron chi connectivity index (χ2n) is 6.15. The highest BCUT2D eigenvalue weighted by Gasteiger charge is 2.18. The molecule has 0 fully saturated rings. The summed E-state index contributed by atoms with van der Waals surface area (Å²) in [6, 6.07) is 0. The fraction of sp³-hybridized carbons (Fsp3) is 0.875. The van der Waals surface area contributed by atoms with Crippen molar-refractivity contribution in [3.8, 4) is 0 Å². The Labute approximate surface area is 123 Å². The molecule has 0 aliphatic heterocycles. The first kappa shape index (κ1) is 17.6. The lowest BCUT2D eigenvalue weighted by Crippen LogP contribution is -2.34. The van der Waals surface area contributed by atoms with E-state index in [-0.39, 0.29) is 6.61 Å². The lowest BCUT2D eigenvalue weighted by molar-refractivity contribution is 0.0126. The molecule has 4 atom stereocenters. The zero-order valence-electron chi connectivity index (χ0n) is 12.9. The summed E-state index contributed by atoms with van der Waals surface area (Å²) in [6.07, 6.45) is 7.05. The van der Waals surface area contributed by atoms with Crippen molar-refractivity contribution in [2.75, 3.05) is 32.9 Å². The molecule has 3 N–H and O–H groups in total. The zero-order valence-corrected chi connectivity index (χ0v) is 12.9. The molecular weight excluding hydrogens is 254 g/mol. The van der Waals surface area contributed by atoms with E-state index in [9.17, 15) is 5.11 Å². The Kier molecular flexibility index (Phi) is 9.10. The summed E-state index contributed by atoms with van der Waals surface area (Å²) >= 11 is 0. The highest BCUT2D eigenvalue weighted by Crippen LogP contribution is 2.24. The van der Waals surface area contributed by atoms with Gasteiger partial charge in [-0.2, -0.15) is 0 Å². The van der Waals surface area contributed by atoms with Gasteiger partial charge in [0.25, 0.3) is 0 Å². The Balaban J connectivity index is 2.02. The molecule has 4 unspecified atom stereocenters. The van der Waals surface area contributed by atoms with Crippen LogP contribution in [0, 0.1) is 17.8 Å². The molecule has 0 radical (unpaired) electrons. The van der Waals surface area contributed by atoms with Gasteiger partial charge in [-0.15, -0.1) is 0 Å². The molecule has 1 rings (SSSR count). The quantitative estimate of drug-likeness (QED) is 0.533. The summed E-state index contributed by atoms with van der Waals surface area (Å²) in [5.41, 5.74) is 0. The standard InChI is InChI=1S/C16H31NO3/c1-13(7-8-18)9-17-10-16(19)12-20-11-15-6-4-3-5-14(15)2/h3-4,13-19H,5-12H2,1-2H3. The first-order valence-electron chi connectivity index (χ1n) is 7.85. The van der Waals surface area contributed by atoms with Crippen molar-refractivity contribution in [1.29, 1.82) is 0 Å². The zero-order chi connectivity index (χ0) is 14.8. The molecule has 0 aromatic rings. The van der Waals surface area contributed by atoms with E-state index in [0.717, 1.165) is 32.4 Å². The van der Waals surface area contributed by atoms with E-state index in [1.54, 1.807) is 0 Å². The van der Waals surface area contributed by atoms with Crippen LogP contribution in [0.25, 0.3) is 0 Å². The van der Waals surface area contributed by atoms with E-state index in [2.05, 4.69) is 31.3 Å². The molecule has 20 heavy (non-hydrogen) atoms. The Hall–Kier alpha value is -0.420. The minimum absolute atomic E-state index is 0.225. The molecule has 0 spiro atoms. The highest BCUT2D eigenvalue weighted by molar-refractivity contribution is 4.93. The van der Waals surface area contributed by atoms with Crippen molar-refractivity contribution in [2.45, 2.75) is 39.2 Å². The molecule has 0 bridgehead atoms. The molecule has 0 heterocycles. The average Bonchev–Trinajstić information content (AvgIpc) is 2.41. The molecule has 0 amide bonds. The van der Waals surface area contributed by atoms with Gasteiger partial charge in [-0.05, 0) is 43.6 Å². The highest BCUT2D eigenvalue weighted by atomic mass is 16.5. The minimum atomic E-state index is -0.453. The monoisotopic (exact) mass is 285 g/mol. The van der Waals surface area contributed by atoms with Crippen molar-refractivity contribution in [3.63, 3.8) is 0 Å². The van der Waals surface area contributed by atoms with Gasteiger partial charge in [0.05, 0.1) is 19.3 Å². The third-order valence-corrected chi connectivity index (χ3v) is 4.05. The lowest BCUT2D eigenvalue weighted by atomic mass is 9.85. The molecular formula is C16H31NO3. The third kappa shape index (κ3) is 7.39. The van der Waals surface area contributed by atoms with E-state index in [0.29, 0.717) is 30.9 Å². The Morgan fingerprint density at radius 3 is 2.75 bits per heavy atom. The van der Waals surface area contributed by atoms with Crippen molar-refractivity contribution in [3.05, 3.63) is 12.2 Å². The number of allylic oxidation sites excluding steroid dienone is 2. The van der Waals surface area contributed by atoms with Gasteiger partial charge >= 0.3 is 0 Å². The molecule has 0 aromatic heterocycles. The van der Waals surface area contributed by atoms with E-state index >= 15 is 0 Å². The second-order valence-corrected chi connectivity index (χ2v) is 6.15.